The number of benzene rings is 2. The van der Waals surface area contributed by atoms with Crippen LogP contribution in [0.5, 0.6) is 0 Å². The van der Waals surface area contributed by atoms with Gasteiger partial charge in [-0.15, -0.1) is 0 Å². The van der Waals surface area contributed by atoms with Gasteiger partial charge in [-0.1, -0.05) is 41.4 Å². The summed E-state index contributed by atoms with van der Waals surface area (Å²) in [6, 6.07) is 12.2. The van der Waals surface area contributed by atoms with Crippen molar-refractivity contribution < 1.29 is 18.0 Å². The van der Waals surface area contributed by atoms with E-state index in [1.807, 2.05) is 13.8 Å². The largest absolute Gasteiger partial charge is 0.352 e. The molecule has 0 saturated heterocycles. The smallest absolute Gasteiger partial charge is 0.244 e. The summed E-state index contributed by atoms with van der Waals surface area (Å²) in [5.74, 6) is -0.883. The van der Waals surface area contributed by atoms with Gasteiger partial charge in [-0.05, 0) is 56.7 Å². The fraction of sp³-hybridized carbons (Fsp3) is 0.364. The third-order valence-electron chi connectivity index (χ3n) is 4.62. The standard InChI is InChI=1S/C22H27Cl2N3O4S/c1-15(2)25-22(29)16(3)26(13-17-7-5-8-18(23)11-17)21(28)14-27(32(4,30)31)20-10-6-9-19(24)12-20/h5-12,15-16H,13-14H2,1-4H3,(H,25,29). The summed E-state index contributed by atoms with van der Waals surface area (Å²) in [4.78, 5) is 27.4. The predicted molar refractivity (Wildman–Crippen MR) is 128 cm³/mol. The molecule has 0 fully saturated rings. The molecule has 2 aromatic carbocycles. The summed E-state index contributed by atoms with van der Waals surface area (Å²) >= 11 is 12.1. The highest BCUT2D eigenvalue weighted by Gasteiger charge is 2.30. The minimum absolute atomic E-state index is 0.0826. The van der Waals surface area contributed by atoms with Gasteiger partial charge in [-0.3, -0.25) is 13.9 Å². The van der Waals surface area contributed by atoms with E-state index in [1.165, 1.54) is 11.0 Å². The Balaban J connectivity index is 2.39. The van der Waals surface area contributed by atoms with Crippen LogP contribution < -0.4 is 9.62 Å². The SMILES string of the molecule is CC(C)NC(=O)C(C)N(Cc1cccc(Cl)c1)C(=O)CN(c1cccc(Cl)c1)S(C)(=O)=O. The number of anilines is 1. The molecule has 0 aliphatic rings. The van der Waals surface area contributed by atoms with Crippen LogP contribution in [0, 0.1) is 0 Å². The van der Waals surface area contributed by atoms with E-state index in [2.05, 4.69) is 5.32 Å². The molecule has 1 unspecified atom stereocenters. The van der Waals surface area contributed by atoms with Crippen LogP contribution in [-0.2, 0) is 26.2 Å². The molecule has 0 aromatic heterocycles. The molecule has 0 saturated carbocycles. The van der Waals surface area contributed by atoms with E-state index in [9.17, 15) is 18.0 Å². The van der Waals surface area contributed by atoms with Gasteiger partial charge in [0, 0.05) is 22.6 Å². The second-order valence-electron chi connectivity index (χ2n) is 7.74. The van der Waals surface area contributed by atoms with Crippen LogP contribution in [0.25, 0.3) is 0 Å². The van der Waals surface area contributed by atoms with Crippen molar-refractivity contribution in [3.63, 3.8) is 0 Å². The summed E-state index contributed by atoms with van der Waals surface area (Å²) in [6.07, 6.45) is 1.01. The van der Waals surface area contributed by atoms with Gasteiger partial charge in [0.2, 0.25) is 21.8 Å². The monoisotopic (exact) mass is 499 g/mol. The summed E-state index contributed by atoms with van der Waals surface area (Å²) in [5.41, 5.74) is 0.971. The number of hydrogen-bond acceptors (Lipinski definition) is 4. The number of hydrogen-bond donors (Lipinski definition) is 1. The average molecular weight is 500 g/mol. The lowest BCUT2D eigenvalue weighted by atomic mass is 10.1. The molecule has 0 bridgehead atoms. The van der Waals surface area contributed by atoms with Crippen LogP contribution in [0.15, 0.2) is 48.5 Å². The van der Waals surface area contributed by atoms with Crippen LogP contribution >= 0.6 is 23.2 Å². The molecule has 0 aliphatic heterocycles. The molecule has 1 N–H and O–H groups in total. The first-order valence-electron chi connectivity index (χ1n) is 9.96. The van der Waals surface area contributed by atoms with Crippen LogP contribution in [-0.4, -0.2) is 50.0 Å². The first-order chi connectivity index (χ1) is 14.9. The summed E-state index contributed by atoms with van der Waals surface area (Å²) in [6.45, 7) is 4.83. The molecular formula is C22H27Cl2N3O4S. The molecule has 10 heteroatoms. The van der Waals surface area contributed by atoms with E-state index in [4.69, 9.17) is 23.2 Å². The molecule has 1 atom stereocenters. The second-order valence-corrected chi connectivity index (χ2v) is 10.5. The number of halogens is 2. The number of sulfonamides is 1. The fourth-order valence-electron chi connectivity index (χ4n) is 3.06. The number of amides is 2. The Hall–Kier alpha value is -2.29. The Kier molecular flexibility index (Phi) is 8.95. The summed E-state index contributed by atoms with van der Waals surface area (Å²) in [5, 5.41) is 3.62. The predicted octanol–water partition coefficient (Wildman–Crippen LogP) is 3.70. The molecule has 7 nitrogen and oxygen atoms in total. The highest BCUT2D eigenvalue weighted by atomic mass is 35.5. The van der Waals surface area contributed by atoms with Crippen molar-refractivity contribution in [1.29, 1.82) is 0 Å². The zero-order valence-corrected chi connectivity index (χ0v) is 20.7. The van der Waals surface area contributed by atoms with E-state index in [0.717, 1.165) is 10.6 Å². The van der Waals surface area contributed by atoms with Gasteiger partial charge in [0.25, 0.3) is 0 Å². The van der Waals surface area contributed by atoms with Gasteiger partial charge in [-0.25, -0.2) is 8.42 Å². The maximum absolute atomic E-state index is 13.4. The zero-order valence-electron chi connectivity index (χ0n) is 18.4. The molecule has 2 aromatic rings. The quantitative estimate of drug-likeness (QED) is 0.569. The van der Waals surface area contributed by atoms with Crippen LogP contribution in [0.3, 0.4) is 0 Å². The maximum atomic E-state index is 13.4. The van der Waals surface area contributed by atoms with Crippen molar-refractivity contribution in [1.82, 2.24) is 10.2 Å². The van der Waals surface area contributed by atoms with Crippen LogP contribution in [0.4, 0.5) is 5.69 Å². The Labute approximate surface area is 199 Å². The first-order valence-corrected chi connectivity index (χ1v) is 12.6. The van der Waals surface area contributed by atoms with E-state index >= 15 is 0 Å². The number of nitrogens with one attached hydrogen (secondary N) is 1. The number of carbonyl (C=O) groups is 2. The number of rotatable bonds is 9. The summed E-state index contributed by atoms with van der Waals surface area (Å²) < 4.78 is 25.9. The third-order valence-corrected chi connectivity index (χ3v) is 6.23. The Morgan fingerprint density at radius 2 is 1.59 bits per heavy atom. The minimum atomic E-state index is -3.80. The molecule has 0 heterocycles. The van der Waals surface area contributed by atoms with Crippen molar-refractivity contribution in [2.45, 2.75) is 39.4 Å². The van der Waals surface area contributed by atoms with Gasteiger partial charge in [0.1, 0.15) is 12.6 Å². The lowest BCUT2D eigenvalue weighted by Crippen LogP contribution is -2.52. The van der Waals surface area contributed by atoms with Crippen molar-refractivity contribution in [3.05, 3.63) is 64.1 Å². The molecule has 2 amide bonds. The maximum Gasteiger partial charge on any atom is 0.244 e. The molecule has 32 heavy (non-hydrogen) atoms. The Bertz CT molecular complexity index is 1080. The van der Waals surface area contributed by atoms with Crippen molar-refractivity contribution in [2.24, 2.45) is 0 Å². The van der Waals surface area contributed by atoms with Gasteiger partial charge in [0.05, 0.1) is 11.9 Å². The van der Waals surface area contributed by atoms with Gasteiger partial charge < -0.3 is 10.2 Å². The van der Waals surface area contributed by atoms with E-state index < -0.39 is 28.5 Å². The van der Waals surface area contributed by atoms with E-state index in [1.54, 1.807) is 49.4 Å². The lowest BCUT2D eigenvalue weighted by Gasteiger charge is -2.32. The van der Waals surface area contributed by atoms with Crippen molar-refractivity contribution in [2.75, 3.05) is 17.1 Å². The van der Waals surface area contributed by atoms with Gasteiger partial charge in [-0.2, -0.15) is 0 Å². The van der Waals surface area contributed by atoms with E-state index in [0.29, 0.717) is 15.6 Å². The number of nitrogens with zero attached hydrogens (tertiary/aromatic N) is 2. The zero-order chi connectivity index (χ0) is 24.1. The topological polar surface area (TPSA) is 86.8 Å². The van der Waals surface area contributed by atoms with Crippen LogP contribution in [0.2, 0.25) is 10.0 Å². The van der Waals surface area contributed by atoms with Gasteiger partial charge in [0.15, 0.2) is 0 Å². The second kappa shape index (κ2) is 11.0. The Morgan fingerprint density at radius 3 is 2.12 bits per heavy atom. The molecule has 0 radical (unpaired) electrons. The highest BCUT2D eigenvalue weighted by Crippen LogP contribution is 2.23. The highest BCUT2D eigenvalue weighted by molar-refractivity contribution is 7.92. The van der Waals surface area contributed by atoms with E-state index in [-0.39, 0.29) is 24.2 Å². The van der Waals surface area contributed by atoms with Gasteiger partial charge >= 0.3 is 0 Å². The Morgan fingerprint density at radius 1 is 1.00 bits per heavy atom. The molecule has 0 spiro atoms. The average Bonchev–Trinajstić information content (AvgIpc) is 2.68. The summed E-state index contributed by atoms with van der Waals surface area (Å²) in [7, 11) is -3.80. The van der Waals surface area contributed by atoms with Crippen LogP contribution in [0.1, 0.15) is 26.3 Å². The first kappa shape index (κ1) is 26.0. The number of carbonyl (C=O) groups excluding carboxylic acids is 2. The van der Waals surface area contributed by atoms with Crippen molar-refractivity contribution in [3.8, 4) is 0 Å². The molecule has 2 rings (SSSR count). The molecule has 174 valence electrons. The third kappa shape index (κ3) is 7.39. The normalized spacial score (nSPS) is 12.3. The molecule has 0 aliphatic carbocycles. The lowest BCUT2D eigenvalue weighted by molar-refractivity contribution is -0.139. The van der Waals surface area contributed by atoms with Crippen molar-refractivity contribution >= 4 is 50.7 Å². The fourth-order valence-corrected chi connectivity index (χ4v) is 4.30. The minimum Gasteiger partial charge on any atom is -0.352 e. The molecular weight excluding hydrogens is 473 g/mol.